The monoisotopic (exact) mass is 421 g/mol. The number of carbonyl (C=O) groups is 3. The van der Waals surface area contributed by atoms with E-state index in [-0.39, 0.29) is 11.8 Å². The van der Waals surface area contributed by atoms with Crippen molar-refractivity contribution in [1.29, 1.82) is 0 Å². The second-order valence-electron chi connectivity index (χ2n) is 6.65. The van der Waals surface area contributed by atoms with Crippen molar-refractivity contribution in [3.8, 4) is 0 Å². The predicted molar refractivity (Wildman–Crippen MR) is 116 cm³/mol. The number of anilines is 1. The van der Waals surface area contributed by atoms with Gasteiger partial charge in [0, 0.05) is 28.3 Å². The van der Waals surface area contributed by atoms with Crippen molar-refractivity contribution < 1.29 is 14.4 Å². The third-order valence-electron chi connectivity index (χ3n) is 4.45. The molecule has 0 spiro atoms. The van der Waals surface area contributed by atoms with Crippen molar-refractivity contribution in [2.45, 2.75) is 12.5 Å². The van der Waals surface area contributed by atoms with Gasteiger partial charge in [0.1, 0.15) is 6.04 Å². The van der Waals surface area contributed by atoms with Gasteiger partial charge in [-0.15, -0.1) is 0 Å². The summed E-state index contributed by atoms with van der Waals surface area (Å²) in [6, 6.07) is 21.2. The lowest BCUT2D eigenvalue weighted by Gasteiger charge is -2.19. The van der Waals surface area contributed by atoms with Crippen LogP contribution in [0.2, 0.25) is 5.02 Å². The maximum Gasteiger partial charge on any atom is 0.251 e. The molecule has 30 heavy (non-hydrogen) atoms. The summed E-state index contributed by atoms with van der Waals surface area (Å²) in [5, 5.41) is 6.07. The van der Waals surface area contributed by atoms with Gasteiger partial charge in [0.2, 0.25) is 11.8 Å². The predicted octanol–water partition coefficient (Wildman–Crippen LogP) is 3.42. The number of amides is 3. The Morgan fingerprint density at radius 1 is 0.833 bits per heavy atom. The Balaban J connectivity index is 1.77. The Morgan fingerprint density at radius 2 is 1.43 bits per heavy atom. The molecule has 0 saturated heterocycles. The lowest BCUT2D eigenvalue weighted by Crippen LogP contribution is -2.45. The summed E-state index contributed by atoms with van der Waals surface area (Å²) >= 11 is 5.88. The number of hydrogen-bond acceptors (Lipinski definition) is 3. The van der Waals surface area contributed by atoms with Gasteiger partial charge < -0.3 is 16.4 Å². The molecule has 7 heteroatoms. The van der Waals surface area contributed by atoms with Crippen LogP contribution in [-0.2, 0) is 11.2 Å². The quantitative estimate of drug-likeness (QED) is 0.544. The highest BCUT2D eigenvalue weighted by Crippen LogP contribution is 2.13. The minimum Gasteiger partial charge on any atom is -0.366 e. The average molecular weight is 422 g/mol. The van der Waals surface area contributed by atoms with Crippen LogP contribution in [0.1, 0.15) is 26.3 Å². The van der Waals surface area contributed by atoms with E-state index < -0.39 is 11.9 Å². The molecule has 152 valence electrons. The van der Waals surface area contributed by atoms with Crippen LogP contribution in [0.4, 0.5) is 5.69 Å². The van der Waals surface area contributed by atoms with Crippen LogP contribution in [0.15, 0.2) is 78.9 Å². The molecule has 6 nitrogen and oxygen atoms in total. The zero-order chi connectivity index (χ0) is 21.5. The third kappa shape index (κ3) is 5.68. The summed E-state index contributed by atoms with van der Waals surface area (Å²) in [7, 11) is 0. The summed E-state index contributed by atoms with van der Waals surface area (Å²) in [4.78, 5) is 36.8. The van der Waals surface area contributed by atoms with Gasteiger partial charge >= 0.3 is 0 Å². The van der Waals surface area contributed by atoms with E-state index in [4.69, 9.17) is 17.3 Å². The molecule has 3 aromatic carbocycles. The number of carbonyl (C=O) groups excluding carboxylic acids is 3. The molecule has 0 aromatic heterocycles. The van der Waals surface area contributed by atoms with Crippen molar-refractivity contribution in [2.24, 2.45) is 5.73 Å². The van der Waals surface area contributed by atoms with Crippen molar-refractivity contribution >= 4 is 35.0 Å². The van der Waals surface area contributed by atoms with Gasteiger partial charge in [-0.3, -0.25) is 14.4 Å². The van der Waals surface area contributed by atoms with Crippen LogP contribution in [0.3, 0.4) is 0 Å². The first-order valence-corrected chi connectivity index (χ1v) is 9.61. The van der Waals surface area contributed by atoms with E-state index in [2.05, 4.69) is 10.6 Å². The molecule has 4 N–H and O–H groups in total. The van der Waals surface area contributed by atoms with Crippen LogP contribution in [-0.4, -0.2) is 23.8 Å². The SMILES string of the molecule is NC(=O)c1ccc(NC(=O)[C@H](Cc2ccccc2)NC(=O)c2ccc(Cl)cc2)cc1. The molecule has 0 aliphatic rings. The minimum atomic E-state index is -0.814. The second-order valence-corrected chi connectivity index (χ2v) is 7.09. The summed E-state index contributed by atoms with van der Waals surface area (Å²) in [5.74, 6) is -1.31. The maximum atomic E-state index is 12.9. The number of nitrogens with two attached hydrogens (primary N) is 1. The van der Waals surface area contributed by atoms with Crippen LogP contribution >= 0.6 is 11.6 Å². The van der Waals surface area contributed by atoms with Gasteiger partial charge in [-0.2, -0.15) is 0 Å². The fraction of sp³-hybridized carbons (Fsp3) is 0.0870. The summed E-state index contributed by atoms with van der Waals surface area (Å²) in [5.41, 5.74) is 7.36. The molecule has 0 aliphatic heterocycles. The van der Waals surface area contributed by atoms with E-state index in [1.807, 2.05) is 30.3 Å². The van der Waals surface area contributed by atoms with Gasteiger partial charge in [0.05, 0.1) is 0 Å². The van der Waals surface area contributed by atoms with Crippen molar-refractivity contribution in [3.63, 3.8) is 0 Å². The van der Waals surface area contributed by atoms with E-state index in [1.165, 1.54) is 12.1 Å². The van der Waals surface area contributed by atoms with Crippen LogP contribution in [0, 0.1) is 0 Å². The number of benzene rings is 3. The molecular formula is C23H20ClN3O3. The fourth-order valence-electron chi connectivity index (χ4n) is 2.85. The number of rotatable bonds is 7. The zero-order valence-corrected chi connectivity index (χ0v) is 16.7. The second kappa shape index (κ2) is 9.71. The normalized spacial score (nSPS) is 11.4. The first kappa shape index (κ1) is 21.1. The zero-order valence-electron chi connectivity index (χ0n) is 16.0. The Morgan fingerprint density at radius 3 is 2.03 bits per heavy atom. The molecule has 0 aliphatic carbocycles. The van der Waals surface area contributed by atoms with Crippen molar-refractivity contribution in [1.82, 2.24) is 5.32 Å². The molecule has 0 saturated carbocycles. The molecule has 1 atom stereocenters. The first-order chi connectivity index (χ1) is 14.4. The third-order valence-corrected chi connectivity index (χ3v) is 4.70. The molecule has 3 amide bonds. The van der Waals surface area contributed by atoms with Gasteiger partial charge in [0.15, 0.2) is 0 Å². The van der Waals surface area contributed by atoms with Crippen LogP contribution < -0.4 is 16.4 Å². The molecule has 0 fully saturated rings. The largest absolute Gasteiger partial charge is 0.366 e. The Bertz CT molecular complexity index is 1040. The molecule has 3 rings (SSSR count). The maximum absolute atomic E-state index is 12.9. The van der Waals surface area contributed by atoms with Crippen molar-refractivity contribution in [3.05, 3.63) is 101 Å². The minimum absolute atomic E-state index is 0.311. The van der Waals surface area contributed by atoms with Gasteiger partial charge in [-0.1, -0.05) is 41.9 Å². The molecule has 0 unspecified atom stereocenters. The lowest BCUT2D eigenvalue weighted by atomic mass is 10.0. The van der Waals surface area contributed by atoms with Crippen molar-refractivity contribution in [2.75, 3.05) is 5.32 Å². The van der Waals surface area contributed by atoms with Gasteiger partial charge in [0.25, 0.3) is 5.91 Å². The molecule has 0 radical (unpaired) electrons. The van der Waals surface area contributed by atoms with E-state index in [9.17, 15) is 14.4 Å². The van der Waals surface area contributed by atoms with Crippen LogP contribution in [0.25, 0.3) is 0 Å². The summed E-state index contributed by atoms with van der Waals surface area (Å²) in [6.07, 6.45) is 0.311. The highest BCUT2D eigenvalue weighted by Gasteiger charge is 2.22. The van der Waals surface area contributed by atoms with Gasteiger partial charge in [-0.05, 0) is 54.1 Å². The van der Waals surface area contributed by atoms with E-state index in [0.717, 1.165) is 5.56 Å². The Kier molecular flexibility index (Phi) is 6.83. The Hall–Kier alpha value is -3.64. The Labute approximate surface area is 179 Å². The number of hydrogen-bond donors (Lipinski definition) is 3. The topological polar surface area (TPSA) is 101 Å². The molecule has 0 heterocycles. The smallest absolute Gasteiger partial charge is 0.251 e. The average Bonchev–Trinajstić information content (AvgIpc) is 2.74. The van der Waals surface area contributed by atoms with E-state index >= 15 is 0 Å². The number of primary amides is 1. The lowest BCUT2D eigenvalue weighted by molar-refractivity contribution is -0.118. The number of halogens is 1. The molecule has 0 bridgehead atoms. The number of nitrogens with one attached hydrogen (secondary N) is 2. The molecular weight excluding hydrogens is 402 g/mol. The highest BCUT2D eigenvalue weighted by atomic mass is 35.5. The first-order valence-electron chi connectivity index (χ1n) is 9.23. The fourth-order valence-corrected chi connectivity index (χ4v) is 2.98. The van der Waals surface area contributed by atoms with Crippen LogP contribution in [0.5, 0.6) is 0 Å². The van der Waals surface area contributed by atoms with E-state index in [1.54, 1.807) is 36.4 Å². The summed E-state index contributed by atoms with van der Waals surface area (Å²) in [6.45, 7) is 0. The standard InChI is InChI=1S/C23H20ClN3O3/c24-18-10-6-17(7-11-18)22(29)27-20(14-15-4-2-1-3-5-15)23(30)26-19-12-8-16(9-13-19)21(25)28/h1-13,20H,14H2,(H2,25,28)(H,26,30)(H,27,29)/t20-/m0/s1. The van der Waals surface area contributed by atoms with Gasteiger partial charge in [-0.25, -0.2) is 0 Å². The summed E-state index contributed by atoms with van der Waals surface area (Å²) < 4.78 is 0. The van der Waals surface area contributed by atoms with E-state index in [0.29, 0.717) is 28.3 Å². The highest BCUT2D eigenvalue weighted by molar-refractivity contribution is 6.30. The molecule has 3 aromatic rings.